The SMILES string of the molecule is CCNC(=O)NC(=O)[C@H](C)N1CCN(S(C)(=O)=O)CC1. The van der Waals surface area contributed by atoms with Gasteiger partial charge in [0.2, 0.25) is 15.9 Å². The first-order chi connectivity index (χ1) is 9.25. The number of hydrogen-bond donors (Lipinski definition) is 2. The maximum Gasteiger partial charge on any atom is 0.321 e. The number of rotatable bonds is 4. The van der Waals surface area contributed by atoms with Gasteiger partial charge >= 0.3 is 6.03 Å². The molecule has 1 rings (SSSR count). The van der Waals surface area contributed by atoms with Crippen molar-refractivity contribution in [2.24, 2.45) is 0 Å². The Labute approximate surface area is 119 Å². The molecule has 0 aromatic carbocycles. The molecule has 0 unspecified atom stereocenters. The Morgan fingerprint density at radius 2 is 1.75 bits per heavy atom. The molecular weight excluding hydrogens is 284 g/mol. The van der Waals surface area contributed by atoms with Crippen LogP contribution in [-0.4, -0.2) is 74.6 Å². The molecule has 1 fully saturated rings. The molecule has 9 heteroatoms. The second kappa shape index (κ2) is 7.00. The predicted octanol–water partition coefficient (Wildman–Crippen LogP) is -1.20. The van der Waals surface area contributed by atoms with Crippen LogP contribution in [0.15, 0.2) is 0 Å². The van der Waals surface area contributed by atoms with Gasteiger partial charge in [-0.3, -0.25) is 15.0 Å². The molecule has 0 spiro atoms. The predicted molar refractivity (Wildman–Crippen MR) is 74.7 cm³/mol. The molecule has 8 nitrogen and oxygen atoms in total. The smallest absolute Gasteiger partial charge is 0.321 e. The second-order valence-electron chi connectivity index (χ2n) is 4.72. The molecule has 1 saturated heterocycles. The van der Waals surface area contributed by atoms with Crippen LogP contribution in [0.4, 0.5) is 4.79 Å². The van der Waals surface area contributed by atoms with Crippen molar-refractivity contribution in [3.63, 3.8) is 0 Å². The van der Waals surface area contributed by atoms with Crippen molar-refractivity contribution in [2.45, 2.75) is 19.9 Å². The van der Waals surface area contributed by atoms with Crippen molar-refractivity contribution in [1.82, 2.24) is 19.8 Å². The number of sulfonamides is 1. The standard InChI is InChI=1S/C11H22N4O4S/c1-4-12-11(17)13-10(16)9(2)14-5-7-15(8-6-14)20(3,18)19/h9H,4-8H2,1-3H3,(H2,12,13,16,17)/t9-/m0/s1. The van der Waals surface area contributed by atoms with Crippen molar-refractivity contribution in [3.8, 4) is 0 Å². The maximum absolute atomic E-state index is 11.9. The fourth-order valence-electron chi connectivity index (χ4n) is 2.01. The van der Waals surface area contributed by atoms with Crippen LogP contribution in [0.3, 0.4) is 0 Å². The number of carbonyl (C=O) groups excluding carboxylic acids is 2. The molecule has 1 atom stereocenters. The van der Waals surface area contributed by atoms with Crippen molar-refractivity contribution in [2.75, 3.05) is 39.0 Å². The van der Waals surface area contributed by atoms with Gasteiger partial charge in [0, 0.05) is 32.7 Å². The van der Waals surface area contributed by atoms with E-state index in [1.54, 1.807) is 13.8 Å². The average Bonchev–Trinajstić information content (AvgIpc) is 2.37. The molecule has 0 saturated carbocycles. The van der Waals surface area contributed by atoms with Crippen LogP contribution < -0.4 is 10.6 Å². The van der Waals surface area contributed by atoms with Crippen molar-refractivity contribution >= 4 is 22.0 Å². The molecular formula is C11H22N4O4S. The Hall–Kier alpha value is -1.19. The summed E-state index contributed by atoms with van der Waals surface area (Å²) in [6.07, 6.45) is 1.17. The summed E-state index contributed by atoms with van der Waals surface area (Å²) in [7, 11) is -3.18. The quantitative estimate of drug-likeness (QED) is 0.679. The highest BCUT2D eigenvalue weighted by atomic mass is 32.2. The van der Waals surface area contributed by atoms with Gasteiger partial charge < -0.3 is 5.32 Å². The molecule has 0 bridgehead atoms. The third kappa shape index (κ3) is 4.73. The summed E-state index contributed by atoms with van der Waals surface area (Å²) in [6, 6.07) is -0.988. The Morgan fingerprint density at radius 3 is 2.20 bits per heavy atom. The summed E-state index contributed by atoms with van der Waals surface area (Å²) in [5.74, 6) is -0.385. The van der Waals surface area contributed by atoms with E-state index in [1.165, 1.54) is 10.6 Å². The summed E-state index contributed by atoms with van der Waals surface area (Å²) in [5, 5.41) is 4.74. The van der Waals surface area contributed by atoms with Gasteiger partial charge in [0.05, 0.1) is 12.3 Å². The van der Waals surface area contributed by atoms with Crippen LogP contribution in [-0.2, 0) is 14.8 Å². The molecule has 20 heavy (non-hydrogen) atoms. The number of imide groups is 1. The van der Waals surface area contributed by atoms with Gasteiger partial charge in [-0.25, -0.2) is 13.2 Å². The number of urea groups is 1. The van der Waals surface area contributed by atoms with Crippen LogP contribution in [0.5, 0.6) is 0 Å². The van der Waals surface area contributed by atoms with Crippen LogP contribution in [0.2, 0.25) is 0 Å². The lowest BCUT2D eigenvalue weighted by Gasteiger charge is -2.36. The van der Waals surface area contributed by atoms with E-state index in [0.29, 0.717) is 32.7 Å². The minimum Gasteiger partial charge on any atom is -0.338 e. The summed E-state index contributed by atoms with van der Waals surface area (Å²) in [6.45, 7) is 5.56. The first-order valence-electron chi connectivity index (χ1n) is 6.53. The van der Waals surface area contributed by atoms with Crippen LogP contribution in [0, 0.1) is 0 Å². The number of nitrogens with one attached hydrogen (secondary N) is 2. The molecule has 1 aliphatic rings. The lowest BCUT2D eigenvalue weighted by Crippen LogP contribution is -2.56. The van der Waals surface area contributed by atoms with Gasteiger partial charge in [0.25, 0.3) is 0 Å². The number of hydrogen-bond acceptors (Lipinski definition) is 5. The number of piperazine rings is 1. The number of nitrogens with zero attached hydrogens (tertiary/aromatic N) is 2. The third-order valence-electron chi connectivity index (χ3n) is 3.24. The van der Waals surface area contributed by atoms with E-state index in [1.807, 2.05) is 4.90 Å². The minimum absolute atomic E-state index is 0.359. The summed E-state index contributed by atoms with van der Waals surface area (Å²) in [4.78, 5) is 25.0. The lowest BCUT2D eigenvalue weighted by molar-refractivity contribution is -0.125. The normalized spacial score (nSPS) is 19.4. The molecule has 0 aromatic rings. The van der Waals surface area contributed by atoms with Crippen molar-refractivity contribution in [1.29, 1.82) is 0 Å². The minimum atomic E-state index is -3.18. The number of carbonyl (C=O) groups is 2. The largest absolute Gasteiger partial charge is 0.338 e. The van der Waals surface area contributed by atoms with Gasteiger partial charge in [-0.05, 0) is 13.8 Å². The van der Waals surface area contributed by atoms with Gasteiger partial charge in [-0.2, -0.15) is 4.31 Å². The van der Waals surface area contributed by atoms with E-state index in [0.717, 1.165) is 0 Å². The van der Waals surface area contributed by atoms with Gasteiger partial charge in [-0.15, -0.1) is 0 Å². The molecule has 1 aliphatic heterocycles. The molecule has 3 amide bonds. The summed E-state index contributed by atoms with van der Waals surface area (Å²) >= 11 is 0. The topological polar surface area (TPSA) is 98.8 Å². The first kappa shape index (κ1) is 16.9. The van der Waals surface area contributed by atoms with E-state index in [2.05, 4.69) is 10.6 Å². The van der Waals surface area contributed by atoms with Crippen LogP contribution in [0.25, 0.3) is 0 Å². The molecule has 0 radical (unpaired) electrons. The highest BCUT2D eigenvalue weighted by Gasteiger charge is 2.29. The summed E-state index contributed by atoms with van der Waals surface area (Å²) in [5.41, 5.74) is 0. The van der Waals surface area contributed by atoms with E-state index < -0.39 is 22.1 Å². The zero-order chi connectivity index (χ0) is 15.3. The first-order valence-corrected chi connectivity index (χ1v) is 8.38. The highest BCUT2D eigenvalue weighted by molar-refractivity contribution is 7.88. The number of amides is 3. The Kier molecular flexibility index (Phi) is 5.90. The van der Waals surface area contributed by atoms with E-state index in [9.17, 15) is 18.0 Å². The zero-order valence-electron chi connectivity index (χ0n) is 12.0. The van der Waals surface area contributed by atoms with Gasteiger partial charge in [0.15, 0.2) is 0 Å². The third-order valence-corrected chi connectivity index (χ3v) is 4.55. The second-order valence-corrected chi connectivity index (χ2v) is 6.71. The van der Waals surface area contributed by atoms with Crippen molar-refractivity contribution < 1.29 is 18.0 Å². The fraction of sp³-hybridized carbons (Fsp3) is 0.818. The molecule has 116 valence electrons. The van der Waals surface area contributed by atoms with Gasteiger partial charge in [-0.1, -0.05) is 0 Å². The van der Waals surface area contributed by atoms with Gasteiger partial charge in [0.1, 0.15) is 0 Å². The van der Waals surface area contributed by atoms with Crippen LogP contribution in [0.1, 0.15) is 13.8 Å². The lowest BCUT2D eigenvalue weighted by atomic mass is 10.2. The highest BCUT2D eigenvalue weighted by Crippen LogP contribution is 2.09. The Bertz CT molecular complexity index is 457. The summed E-state index contributed by atoms with van der Waals surface area (Å²) < 4.78 is 24.2. The maximum atomic E-state index is 11.9. The Balaban J connectivity index is 2.48. The Morgan fingerprint density at radius 1 is 1.20 bits per heavy atom. The van der Waals surface area contributed by atoms with Crippen molar-refractivity contribution in [3.05, 3.63) is 0 Å². The van der Waals surface area contributed by atoms with E-state index >= 15 is 0 Å². The molecule has 0 aromatic heterocycles. The average molecular weight is 306 g/mol. The molecule has 0 aliphatic carbocycles. The van der Waals surface area contributed by atoms with Crippen LogP contribution >= 0.6 is 0 Å². The van der Waals surface area contributed by atoms with E-state index in [4.69, 9.17) is 0 Å². The zero-order valence-corrected chi connectivity index (χ0v) is 12.9. The van der Waals surface area contributed by atoms with E-state index in [-0.39, 0.29) is 5.91 Å². The molecule has 1 heterocycles. The fourth-order valence-corrected chi connectivity index (χ4v) is 2.84. The molecule has 2 N–H and O–H groups in total. The monoisotopic (exact) mass is 306 g/mol.